The molecule has 1 heterocycles. The second-order valence-electron chi connectivity index (χ2n) is 5.80. The molecule has 28 heavy (non-hydrogen) atoms. The third-order valence-corrected chi connectivity index (χ3v) is 5.04. The summed E-state index contributed by atoms with van der Waals surface area (Å²) in [4.78, 5) is 22.6. The number of ether oxygens (including phenoxy) is 1. The second-order valence-corrected chi connectivity index (χ2v) is 6.85. The van der Waals surface area contributed by atoms with Crippen LogP contribution in [0, 0.1) is 11.8 Å². The van der Waals surface area contributed by atoms with E-state index in [1.54, 1.807) is 30.8 Å². The molecule has 0 saturated heterocycles. The molecule has 0 bridgehead atoms. The van der Waals surface area contributed by atoms with E-state index in [9.17, 15) is 18.5 Å². The van der Waals surface area contributed by atoms with Gasteiger partial charge in [-0.05, 0) is 48.4 Å². The van der Waals surface area contributed by atoms with Crippen LogP contribution >= 0.6 is 11.8 Å². The topological polar surface area (TPSA) is 68.9 Å². The van der Waals surface area contributed by atoms with Crippen LogP contribution in [0.2, 0.25) is 0 Å². The number of carbonyl (C=O) groups is 1. The molecule has 0 saturated carbocycles. The molecule has 8 heteroatoms. The van der Waals surface area contributed by atoms with E-state index < -0.39 is 12.5 Å². The van der Waals surface area contributed by atoms with E-state index >= 15 is 0 Å². The highest BCUT2D eigenvalue weighted by Crippen LogP contribution is 2.29. The van der Waals surface area contributed by atoms with Gasteiger partial charge >= 0.3 is 12.5 Å². The number of furan rings is 1. The lowest BCUT2D eigenvalue weighted by molar-refractivity contribution is -0.0498. The monoisotopic (exact) mass is 403 g/mol. The Labute approximate surface area is 163 Å². The predicted octanol–water partition coefficient (Wildman–Crippen LogP) is 6.06. The van der Waals surface area contributed by atoms with Crippen molar-refractivity contribution in [2.24, 2.45) is 5.18 Å². The predicted molar refractivity (Wildman–Crippen MR) is 102 cm³/mol. The summed E-state index contributed by atoms with van der Waals surface area (Å²) in [5.41, 5.74) is 2.64. The number of halogens is 2. The number of aryl methyl sites for hydroxylation is 1. The summed E-state index contributed by atoms with van der Waals surface area (Å²) < 4.78 is 34.0. The van der Waals surface area contributed by atoms with E-state index in [1.165, 1.54) is 18.2 Å². The zero-order valence-electron chi connectivity index (χ0n) is 14.7. The molecule has 0 aliphatic heterocycles. The maximum atomic E-state index is 12.2. The Bertz CT molecular complexity index is 969. The lowest BCUT2D eigenvalue weighted by Gasteiger charge is -2.07. The standard InChI is InChI=1S/C20H15F2NO4S/c1-12-15(10-18(26-12)19(24)23-25)11-28-17-8-4-14(5-9-17)13-2-6-16(7-3-13)27-20(21)22/h2-10,20H,11H2,1H3. The molecule has 1 amide bonds. The summed E-state index contributed by atoms with van der Waals surface area (Å²) in [5, 5.41) is 2.35. The van der Waals surface area contributed by atoms with E-state index in [0.717, 1.165) is 21.6 Å². The molecule has 0 atom stereocenters. The molecule has 3 aromatic rings. The maximum Gasteiger partial charge on any atom is 0.387 e. The summed E-state index contributed by atoms with van der Waals surface area (Å²) in [7, 11) is 0. The first-order valence-corrected chi connectivity index (χ1v) is 9.20. The molecule has 1 aromatic heterocycles. The van der Waals surface area contributed by atoms with Gasteiger partial charge in [-0.25, -0.2) is 0 Å². The third-order valence-electron chi connectivity index (χ3n) is 3.98. The Morgan fingerprint density at radius 1 is 1.11 bits per heavy atom. The minimum absolute atomic E-state index is 0.0577. The van der Waals surface area contributed by atoms with Gasteiger partial charge in [0.25, 0.3) is 0 Å². The lowest BCUT2D eigenvalue weighted by atomic mass is 10.1. The van der Waals surface area contributed by atoms with Crippen LogP contribution in [0.25, 0.3) is 11.1 Å². The van der Waals surface area contributed by atoms with E-state index in [2.05, 4.69) is 9.91 Å². The van der Waals surface area contributed by atoms with Crippen molar-refractivity contribution >= 4 is 17.7 Å². The summed E-state index contributed by atoms with van der Waals surface area (Å²) in [5.74, 6) is 0.276. The van der Waals surface area contributed by atoms with Crippen LogP contribution in [0.15, 0.2) is 69.1 Å². The number of rotatable bonds is 7. The Hall–Kier alpha value is -3.00. The summed E-state index contributed by atoms with van der Waals surface area (Å²) in [6, 6.07) is 15.7. The molecule has 0 spiro atoms. The molecule has 0 aliphatic carbocycles. The zero-order chi connectivity index (χ0) is 20.1. The molecular weight excluding hydrogens is 388 g/mol. The van der Waals surface area contributed by atoms with Crippen molar-refractivity contribution in [2.45, 2.75) is 24.2 Å². The third kappa shape index (κ3) is 4.83. The first-order chi connectivity index (χ1) is 13.5. The largest absolute Gasteiger partial charge is 0.456 e. The number of hydrogen-bond donors (Lipinski definition) is 0. The number of thioether (sulfide) groups is 1. The van der Waals surface area contributed by atoms with Gasteiger partial charge in [0, 0.05) is 21.4 Å². The molecule has 0 unspecified atom stereocenters. The summed E-state index contributed by atoms with van der Waals surface area (Å²) >= 11 is 1.55. The first-order valence-electron chi connectivity index (χ1n) is 8.21. The maximum absolute atomic E-state index is 12.2. The van der Waals surface area contributed by atoms with E-state index in [-0.39, 0.29) is 11.5 Å². The Kier molecular flexibility index (Phi) is 6.20. The highest BCUT2D eigenvalue weighted by molar-refractivity contribution is 7.98. The van der Waals surface area contributed by atoms with E-state index in [4.69, 9.17) is 4.42 Å². The first kappa shape index (κ1) is 19.8. The quantitative estimate of drug-likeness (QED) is 0.354. The van der Waals surface area contributed by atoms with Crippen LogP contribution in [0.4, 0.5) is 8.78 Å². The molecule has 0 N–H and O–H groups in total. The number of nitroso groups, excluding NO2 is 1. The van der Waals surface area contributed by atoms with Gasteiger partial charge in [-0.3, -0.25) is 4.79 Å². The minimum Gasteiger partial charge on any atom is -0.456 e. The van der Waals surface area contributed by atoms with Crippen molar-refractivity contribution in [3.63, 3.8) is 0 Å². The van der Waals surface area contributed by atoms with Gasteiger partial charge in [0.15, 0.2) is 5.76 Å². The van der Waals surface area contributed by atoms with Gasteiger partial charge in [0.1, 0.15) is 11.5 Å². The van der Waals surface area contributed by atoms with Crippen LogP contribution in [0.5, 0.6) is 5.75 Å². The van der Waals surface area contributed by atoms with Crippen molar-refractivity contribution in [2.75, 3.05) is 0 Å². The van der Waals surface area contributed by atoms with E-state index in [1.807, 2.05) is 24.3 Å². The van der Waals surface area contributed by atoms with Crippen LogP contribution < -0.4 is 4.74 Å². The fourth-order valence-corrected chi connectivity index (χ4v) is 3.48. The average Bonchev–Trinajstić information content (AvgIpc) is 3.07. The molecule has 144 valence electrons. The van der Waals surface area contributed by atoms with Gasteiger partial charge in [-0.1, -0.05) is 24.3 Å². The summed E-state index contributed by atoms with van der Waals surface area (Å²) in [6.07, 6.45) is 0. The van der Waals surface area contributed by atoms with Gasteiger partial charge in [-0.2, -0.15) is 8.78 Å². The minimum atomic E-state index is -2.84. The number of nitrogens with zero attached hydrogens (tertiary/aromatic N) is 1. The average molecular weight is 403 g/mol. The smallest absolute Gasteiger partial charge is 0.387 e. The fourth-order valence-electron chi connectivity index (χ4n) is 2.55. The molecular formula is C20H15F2NO4S. The van der Waals surface area contributed by atoms with Crippen LogP contribution in [-0.4, -0.2) is 12.5 Å². The number of amides is 1. The second kappa shape index (κ2) is 8.79. The number of alkyl halides is 2. The molecule has 0 aliphatic rings. The van der Waals surface area contributed by atoms with Crippen molar-refractivity contribution in [1.29, 1.82) is 0 Å². The Morgan fingerprint density at radius 2 is 1.71 bits per heavy atom. The lowest BCUT2D eigenvalue weighted by Crippen LogP contribution is -2.01. The number of benzene rings is 2. The highest BCUT2D eigenvalue weighted by atomic mass is 32.2. The van der Waals surface area contributed by atoms with Gasteiger partial charge < -0.3 is 9.15 Å². The van der Waals surface area contributed by atoms with E-state index in [0.29, 0.717) is 11.5 Å². The SMILES string of the molecule is Cc1oc(C(=O)N=O)cc1CSc1ccc(-c2ccc(OC(F)F)cc2)cc1. The zero-order valence-corrected chi connectivity index (χ0v) is 15.5. The Balaban J connectivity index is 1.64. The molecule has 0 radical (unpaired) electrons. The highest BCUT2D eigenvalue weighted by Gasteiger charge is 2.15. The fraction of sp³-hybridized carbons (Fsp3) is 0.150. The van der Waals surface area contributed by atoms with Crippen molar-refractivity contribution in [3.8, 4) is 16.9 Å². The van der Waals surface area contributed by atoms with Crippen molar-refractivity contribution in [1.82, 2.24) is 0 Å². The van der Waals surface area contributed by atoms with Gasteiger partial charge in [0.2, 0.25) is 0 Å². The molecule has 5 nitrogen and oxygen atoms in total. The molecule has 0 fully saturated rings. The van der Waals surface area contributed by atoms with Crippen LogP contribution in [-0.2, 0) is 5.75 Å². The molecule has 2 aromatic carbocycles. The van der Waals surface area contributed by atoms with Crippen LogP contribution in [0.1, 0.15) is 21.9 Å². The summed E-state index contributed by atoms with van der Waals surface area (Å²) in [6.45, 7) is -1.12. The van der Waals surface area contributed by atoms with Crippen molar-refractivity contribution < 1.29 is 22.7 Å². The van der Waals surface area contributed by atoms with Crippen LogP contribution in [0.3, 0.4) is 0 Å². The Morgan fingerprint density at radius 3 is 2.29 bits per heavy atom. The number of hydrogen-bond acceptors (Lipinski definition) is 5. The van der Waals surface area contributed by atoms with Gasteiger partial charge in [-0.15, -0.1) is 16.7 Å². The number of carbonyl (C=O) groups excluding carboxylic acids is 1. The normalized spacial score (nSPS) is 10.9. The van der Waals surface area contributed by atoms with Gasteiger partial charge in [0.05, 0.1) is 0 Å². The van der Waals surface area contributed by atoms with Crippen molar-refractivity contribution in [3.05, 3.63) is 76.6 Å². The molecule has 3 rings (SSSR count).